The van der Waals surface area contributed by atoms with Crippen LogP contribution >= 0.6 is 24.0 Å². The van der Waals surface area contributed by atoms with Gasteiger partial charge in [-0.1, -0.05) is 6.92 Å². The maximum atomic E-state index is 8.98. The number of nitriles is 1. The molecule has 0 fully saturated rings. The molecule has 1 aromatic heterocycles. The van der Waals surface area contributed by atoms with E-state index in [9.17, 15) is 0 Å². The summed E-state index contributed by atoms with van der Waals surface area (Å²) in [6.45, 7) is 4.31. The fourth-order valence-corrected chi connectivity index (χ4v) is 3.11. The SMILES string of the molecule is CCSCC(C)n1c(=S)[nH]c2ccc(C#N)cc21. The number of nitrogens with zero attached hydrogens (tertiary/aromatic N) is 2. The van der Waals surface area contributed by atoms with Gasteiger partial charge in [0.25, 0.3) is 0 Å². The Bertz CT molecular complexity index is 648. The number of thioether (sulfide) groups is 1. The average Bonchev–Trinajstić information content (AvgIpc) is 2.70. The van der Waals surface area contributed by atoms with Gasteiger partial charge in [0, 0.05) is 11.8 Å². The molecule has 94 valence electrons. The Morgan fingerprint density at radius 1 is 1.56 bits per heavy atom. The molecule has 0 radical (unpaired) electrons. The second kappa shape index (κ2) is 5.59. The van der Waals surface area contributed by atoms with Gasteiger partial charge in [-0.05, 0) is 43.1 Å². The Hall–Kier alpha value is -1.25. The van der Waals surface area contributed by atoms with Gasteiger partial charge < -0.3 is 9.55 Å². The summed E-state index contributed by atoms with van der Waals surface area (Å²) in [5.74, 6) is 2.12. The van der Waals surface area contributed by atoms with Crippen LogP contribution in [0.4, 0.5) is 0 Å². The quantitative estimate of drug-likeness (QED) is 0.862. The first kappa shape index (κ1) is 13.2. The fourth-order valence-electron chi connectivity index (χ4n) is 1.99. The van der Waals surface area contributed by atoms with Gasteiger partial charge in [-0.15, -0.1) is 0 Å². The molecule has 18 heavy (non-hydrogen) atoms. The number of aromatic amines is 1. The van der Waals surface area contributed by atoms with E-state index in [0.29, 0.717) is 11.6 Å². The lowest BCUT2D eigenvalue weighted by Crippen LogP contribution is -2.08. The van der Waals surface area contributed by atoms with E-state index < -0.39 is 0 Å². The van der Waals surface area contributed by atoms with Crippen LogP contribution in [0.2, 0.25) is 0 Å². The van der Waals surface area contributed by atoms with E-state index in [1.165, 1.54) is 0 Å². The van der Waals surface area contributed by atoms with Gasteiger partial charge in [-0.25, -0.2) is 0 Å². The number of hydrogen-bond acceptors (Lipinski definition) is 3. The summed E-state index contributed by atoms with van der Waals surface area (Å²) in [5.41, 5.74) is 2.68. The van der Waals surface area contributed by atoms with Crippen LogP contribution in [0.1, 0.15) is 25.5 Å². The van der Waals surface area contributed by atoms with Crippen molar-refractivity contribution in [1.29, 1.82) is 5.26 Å². The van der Waals surface area contributed by atoms with Gasteiger partial charge in [0.15, 0.2) is 4.77 Å². The van der Waals surface area contributed by atoms with E-state index in [4.69, 9.17) is 17.5 Å². The molecule has 0 saturated heterocycles. The van der Waals surface area contributed by atoms with Crippen LogP contribution in [0.15, 0.2) is 18.2 Å². The molecule has 0 amide bonds. The van der Waals surface area contributed by atoms with Gasteiger partial charge >= 0.3 is 0 Å². The number of fused-ring (bicyclic) bond motifs is 1. The van der Waals surface area contributed by atoms with Gasteiger partial charge in [-0.2, -0.15) is 17.0 Å². The molecule has 5 heteroatoms. The van der Waals surface area contributed by atoms with Crippen molar-refractivity contribution in [3.63, 3.8) is 0 Å². The summed E-state index contributed by atoms with van der Waals surface area (Å²) in [5, 5.41) is 8.98. The summed E-state index contributed by atoms with van der Waals surface area (Å²) >= 11 is 7.27. The van der Waals surface area contributed by atoms with Crippen molar-refractivity contribution >= 4 is 35.0 Å². The van der Waals surface area contributed by atoms with E-state index in [-0.39, 0.29) is 0 Å². The highest BCUT2D eigenvalue weighted by Crippen LogP contribution is 2.22. The van der Waals surface area contributed by atoms with E-state index in [0.717, 1.165) is 27.3 Å². The van der Waals surface area contributed by atoms with Crippen molar-refractivity contribution in [1.82, 2.24) is 9.55 Å². The number of nitrogens with one attached hydrogen (secondary N) is 1. The summed E-state index contributed by atoms with van der Waals surface area (Å²) in [4.78, 5) is 3.19. The van der Waals surface area contributed by atoms with Crippen molar-refractivity contribution in [2.24, 2.45) is 0 Å². The van der Waals surface area contributed by atoms with E-state index in [1.807, 2.05) is 30.0 Å². The molecule has 2 rings (SSSR count). The zero-order valence-electron chi connectivity index (χ0n) is 10.4. The maximum Gasteiger partial charge on any atom is 0.178 e. The van der Waals surface area contributed by atoms with Crippen molar-refractivity contribution in [2.75, 3.05) is 11.5 Å². The normalized spacial score (nSPS) is 12.5. The Morgan fingerprint density at radius 3 is 3.00 bits per heavy atom. The van der Waals surface area contributed by atoms with Crippen molar-refractivity contribution < 1.29 is 0 Å². The molecule has 1 unspecified atom stereocenters. The zero-order chi connectivity index (χ0) is 13.1. The topological polar surface area (TPSA) is 44.5 Å². The summed E-state index contributed by atoms with van der Waals surface area (Å²) in [6, 6.07) is 8.12. The number of rotatable bonds is 4. The largest absolute Gasteiger partial charge is 0.331 e. The molecule has 0 spiro atoms. The molecule has 1 aromatic carbocycles. The van der Waals surface area contributed by atoms with E-state index in [2.05, 4.69) is 29.5 Å². The molecule has 0 saturated carbocycles. The zero-order valence-corrected chi connectivity index (χ0v) is 12.1. The van der Waals surface area contributed by atoms with Crippen molar-refractivity contribution in [3.8, 4) is 6.07 Å². The molecule has 0 aliphatic heterocycles. The van der Waals surface area contributed by atoms with Crippen molar-refractivity contribution in [3.05, 3.63) is 28.5 Å². The van der Waals surface area contributed by atoms with Crippen LogP contribution in [-0.2, 0) is 0 Å². The molecule has 3 nitrogen and oxygen atoms in total. The molecule has 1 N–H and O–H groups in total. The highest BCUT2D eigenvalue weighted by Gasteiger charge is 2.11. The van der Waals surface area contributed by atoms with Crippen LogP contribution < -0.4 is 0 Å². The number of aromatic nitrogens is 2. The fraction of sp³-hybridized carbons (Fsp3) is 0.385. The summed E-state index contributed by atoms with van der Waals surface area (Å²) < 4.78 is 2.83. The lowest BCUT2D eigenvalue weighted by atomic mass is 10.2. The highest BCUT2D eigenvalue weighted by molar-refractivity contribution is 7.99. The minimum atomic E-state index is 0.324. The van der Waals surface area contributed by atoms with Crippen LogP contribution in [0.3, 0.4) is 0 Å². The molecule has 1 atom stereocenters. The smallest absolute Gasteiger partial charge is 0.178 e. The lowest BCUT2D eigenvalue weighted by molar-refractivity contribution is 0.619. The number of H-pyrrole nitrogens is 1. The molecule has 0 bridgehead atoms. The number of benzene rings is 1. The highest BCUT2D eigenvalue weighted by atomic mass is 32.2. The molecule has 2 aromatic rings. The van der Waals surface area contributed by atoms with Gasteiger partial charge in [0.2, 0.25) is 0 Å². The average molecular weight is 277 g/mol. The van der Waals surface area contributed by atoms with Gasteiger partial charge in [0.1, 0.15) is 0 Å². The van der Waals surface area contributed by atoms with Gasteiger partial charge in [-0.3, -0.25) is 0 Å². The Balaban J connectivity index is 2.52. The molecular formula is C13H15N3S2. The maximum absolute atomic E-state index is 8.98. The minimum Gasteiger partial charge on any atom is -0.331 e. The minimum absolute atomic E-state index is 0.324. The third-order valence-electron chi connectivity index (χ3n) is 2.85. The second-order valence-electron chi connectivity index (χ2n) is 4.15. The molecule has 0 aliphatic carbocycles. The lowest BCUT2D eigenvalue weighted by Gasteiger charge is -2.13. The molecule has 1 heterocycles. The molecular weight excluding hydrogens is 262 g/mol. The van der Waals surface area contributed by atoms with Crippen LogP contribution in [-0.4, -0.2) is 21.1 Å². The third-order valence-corrected chi connectivity index (χ3v) is 4.28. The number of imidazole rings is 1. The predicted molar refractivity (Wildman–Crippen MR) is 79.5 cm³/mol. The Morgan fingerprint density at radius 2 is 2.33 bits per heavy atom. The van der Waals surface area contributed by atoms with Crippen LogP contribution in [0.5, 0.6) is 0 Å². The third kappa shape index (κ3) is 2.45. The monoisotopic (exact) mass is 277 g/mol. The second-order valence-corrected chi connectivity index (χ2v) is 5.86. The van der Waals surface area contributed by atoms with E-state index >= 15 is 0 Å². The first-order chi connectivity index (χ1) is 8.67. The van der Waals surface area contributed by atoms with E-state index in [1.54, 1.807) is 0 Å². The Kier molecular flexibility index (Phi) is 4.10. The number of hydrogen-bond donors (Lipinski definition) is 1. The van der Waals surface area contributed by atoms with Crippen LogP contribution in [0, 0.1) is 16.1 Å². The Labute approximate surface area is 116 Å². The van der Waals surface area contributed by atoms with Crippen molar-refractivity contribution in [2.45, 2.75) is 19.9 Å². The molecule has 0 aliphatic rings. The predicted octanol–water partition coefficient (Wildman–Crippen LogP) is 3.88. The summed E-state index contributed by atoms with van der Waals surface area (Å²) in [6.07, 6.45) is 0. The standard InChI is InChI=1S/C13H15N3S2/c1-3-18-8-9(2)16-12-6-10(7-14)4-5-11(12)15-13(16)17/h4-6,9H,3,8H2,1-2H3,(H,15,17). The van der Waals surface area contributed by atoms with Gasteiger partial charge in [0.05, 0.1) is 22.7 Å². The first-order valence-corrected chi connectivity index (χ1v) is 7.45. The summed E-state index contributed by atoms with van der Waals surface area (Å²) in [7, 11) is 0. The van der Waals surface area contributed by atoms with Crippen LogP contribution in [0.25, 0.3) is 11.0 Å². The first-order valence-electron chi connectivity index (χ1n) is 5.89.